The molecule has 2 heterocycles. The third kappa shape index (κ3) is 4.56. The van der Waals surface area contributed by atoms with Crippen molar-refractivity contribution < 1.29 is 22.0 Å². The maximum absolute atomic E-state index is 13.3. The van der Waals surface area contributed by atoms with Crippen LogP contribution in [0.15, 0.2) is 36.5 Å². The van der Waals surface area contributed by atoms with E-state index in [1.807, 2.05) is 4.90 Å². The largest absolute Gasteiger partial charge is 0.433 e. The standard InChI is InChI=1S/C18H18F5N3/c19-15-4-3-13(10-16(15)20)11-25-6-8-26(9-7-25)12-14-2-1-5-24-17(14)18(21,22)23/h1-5,10H,6-9,11-12H2. The maximum atomic E-state index is 13.3. The molecule has 140 valence electrons. The summed E-state index contributed by atoms with van der Waals surface area (Å²) in [6, 6.07) is 6.76. The molecule has 1 aliphatic rings. The van der Waals surface area contributed by atoms with Gasteiger partial charge in [0.25, 0.3) is 0 Å². The number of benzene rings is 1. The average molecular weight is 371 g/mol. The molecule has 0 atom stereocenters. The molecule has 0 bridgehead atoms. The molecule has 1 aliphatic heterocycles. The van der Waals surface area contributed by atoms with E-state index in [-0.39, 0.29) is 12.1 Å². The Labute approximate surface area is 148 Å². The van der Waals surface area contributed by atoms with E-state index in [4.69, 9.17) is 0 Å². The van der Waals surface area contributed by atoms with Gasteiger partial charge in [-0.05, 0) is 29.3 Å². The molecule has 3 nitrogen and oxygen atoms in total. The lowest BCUT2D eigenvalue weighted by Gasteiger charge is -2.35. The quantitative estimate of drug-likeness (QED) is 0.764. The Kier molecular flexibility index (Phi) is 5.52. The Bertz CT molecular complexity index is 755. The van der Waals surface area contributed by atoms with E-state index in [1.54, 1.807) is 0 Å². The molecule has 0 saturated carbocycles. The van der Waals surface area contributed by atoms with Gasteiger partial charge in [-0.2, -0.15) is 13.2 Å². The lowest BCUT2D eigenvalue weighted by molar-refractivity contribution is -0.142. The summed E-state index contributed by atoms with van der Waals surface area (Å²) in [7, 11) is 0. The van der Waals surface area contributed by atoms with Gasteiger partial charge >= 0.3 is 6.18 Å². The summed E-state index contributed by atoms with van der Waals surface area (Å²) in [5.74, 6) is -1.76. The van der Waals surface area contributed by atoms with Crippen molar-refractivity contribution in [3.8, 4) is 0 Å². The Balaban J connectivity index is 1.57. The Morgan fingerprint density at radius 2 is 1.54 bits per heavy atom. The van der Waals surface area contributed by atoms with Gasteiger partial charge in [0.05, 0.1) is 0 Å². The predicted octanol–water partition coefficient (Wildman–Crippen LogP) is 3.70. The van der Waals surface area contributed by atoms with Crippen molar-refractivity contribution >= 4 is 0 Å². The molecular weight excluding hydrogens is 353 g/mol. The van der Waals surface area contributed by atoms with Gasteiger partial charge in [-0.1, -0.05) is 12.1 Å². The number of aromatic nitrogens is 1. The van der Waals surface area contributed by atoms with Gasteiger partial charge in [0.1, 0.15) is 5.69 Å². The Morgan fingerprint density at radius 1 is 0.885 bits per heavy atom. The molecule has 2 aromatic rings. The first-order valence-corrected chi connectivity index (χ1v) is 8.22. The number of piperazine rings is 1. The summed E-state index contributed by atoms with van der Waals surface area (Å²) in [5, 5.41) is 0. The van der Waals surface area contributed by atoms with Crippen LogP contribution < -0.4 is 0 Å². The first-order chi connectivity index (χ1) is 12.3. The van der Waals surface area contributed by atoms with Gasteiger partial charge in [-0.25, -0.2) is 8.78 Å². The zero-order chi connectivity index (χ0) is 18.7. The maximum Gasteiger partial charge on any atom is 0.433 e. The molecule has 0 radical (unpaired) electrons. The summed E-state index contributed by atoms with van der Waals surface area (Å²) < 4.78 is 65.3. The number of alkyl halides is 3. The van der Waals surface area contributed by atoms with Gasteiger partial charge < -0.3 is 0 Å². The molecule has 1 saturated heterocycles. The molecule has 26 heavy (non-hydrogen) atoms. The second-order valence-electron chi connectivity index (χ2n) is 6.31. The first-order valence-electron chi connectivity index (χ1n) is 8.22. The summed E-state index contributed by atoms with van der Waals surface area (Å²) in [6.45, 7) is 3.13. The molecule has 0 unspecified atom stereocenters. The third-order valence-electron chi connectivity index (χ3n) is 4.41. The minimum Gasteiger partial charge on any atom is -0.297 e. The molecule has 8 heteroatoms. The van der Waals surface area contributed by atoms with Crippen molar-refractivity contribution in [2.45, 2.75) is 19.3 Å². The third-order valence-corrected chi connectivity index (χ3v) is 4.41. The second-order valence-corrected chi connectivity index (χ2v) is 6.31. The molecule has 1 aromatic heterocycles. The van der Waals surface area contributed by atoms with E-state index in [0.717, 1.165) is 12.3 Å². The Hall–Kier alpha value is -2.06. The molecule has 1 aromatic carbocycles. The highest BCUT2D eigenvalue weighted by atomic mass is 19.4. The molecule has 1 fully saturated rings. The van der Waals surface area contributed by atoms with Crippen LogP contribution in [-0.2, 0) is 19.3 Å². The second kappa shape index (κ2) is 7.67. The smallest absolute Gasteiger partial charge is 0.297 e. The van der Waals surface area contributed by atoms with E-state index in [1.165, 1.54) is 24.3 Å². The van der Waals surface area contributed by atoms with Gasteiger partial charge in [-0.15, -0.1) is 0 Å². The van der Waals surface area contributed by atoms with Gasteiger partial charge in [-0.3, -0.25) is 14.8 Å². The fourth-order valence-electron chi connectivity index (χ4n) is 3.06. The SMILES string of the molecule is Fc1ccc(CN2CCN(Cc3cccnc3C(F)(F)F)CC2)cc1F. The number of nitrogens with zero attached hydrogens (tertiary/aromatic N) is 3. The fourth-order valence-corrected chi connectivity index (χ4v) is 3.06. The molecule has 3 rings (SSSR count). The van der Waals surface area contributed by atoms with Crippen LogP contribution in [-0.4, -0.2) is 41.0 Å². The molecular formula is C18H18F5N3. The molecule has 0 aliphatic carbocycles. The minimum atomic E-state index is -4.47. The highest BCUT2D eigenvalue weighted by Gasteiger charge is 2.35. The predicted molar refractivity (Wildman–Crippen MR) is 86.2 cm³/mol. The van der Waals surface area contributed by atoms with Crippen molar-refractivity contribution in [2.24, 2.45) is 0 Å². The number of hydrogen-bond acceptors (Lipinski definition) is 3. The van der Waals surface area contributed by atoms with Crippen molar-refractivity contribution in [1.29, 1.82) is 0 Å². The number of pyridine rings is 1. The van der Waals surface area contributed by atoms with Crippen LogP contribution in [0.2, 0.25) is 0 Å². The normalized spacial score (nSPS) is 16.8. The highest BCUT2D eigenvalue weighted by molar-refractivity contribution is 5.22. The number of rotatable bonds is 4. The van der Waals surface area contributed by atoms with E-state index in [2.05, 4.69) is 9.88 Å². The highest BCUT2D eigenvalue weighted by Crippen LogP contribution is 2.30. The van der Waals surface area contributed by atoms with Crippen LogP contribution >= 0.6 is 0 Å². The monoisotopic (exact) mass is 371 g/mol. The lowest BCUT2D eigenvalue weighted by atomic mass is 10.1. The average Bonchev–Trinajstić information content (AvgIpc) is 2.59. The van der Waals surface area contributed by atoms with Gasteiger partial charge in [0.15, 0.2) is 11.6 Å². The van der Waals surface area contributed by atoms with Crippen LogP contribution in [0.4, 0.5) is 22.0 Å². The van der Waals surface area contributed by atoms with E-state index in [9.17, 15) is 22.0 Å². The van der Waals surface area contributed by atoms with Crippen LogP contribution in [0.3, 0.4) is 0 Å². The van der Waals surface area contributed by atoms with Crippen LogP contribution in [0.25, 0.3) is 0 Å². The zero-order valence-corrected chi connectivity index (χ0v) is 13.9. The summed E-state index contributed by atoms with van der Waals surface area (Å²) in [4.78, 5) is 7.48. The first kappa shape index (κ1) is 18.7. The molecule has 0 amide bonds. The Morgan fingerprint density at radius 3 is 2.15 bits per heavy atom. The fraction of sp³-hybridized carbons (Fsp3) is 0.389. The number of hydrogen-bond donors (Lipinski definition) is 0. The van der Waals surface area contributed by atoms with Crippen molar-refractivity contribution in [2.75, 3.05) is 26.2 Å². The summed E-state index contributed by atoms with van der Waals surface area (Å²) >= 11 is 0. The van der Waals surface area contributed by atoms with Crippen molar-refractivity contribution in [3.63, 3.8) is 0 Å². The van der Waals surface area contributed by atoms with Crippen molar-refractivity contribution in [1.82, 2.24) is 14.8 Å². The topological polar surface area (TPSA) is 19.4 Å². The van der Waals surface area contributed by atoms with Crippen LogP contribution in [0.1, 0.15) is 16.8 Å². The van der Waals surface area contributed by atoms with Crippen LogP contribution in [0, 0.1) is 11.6 Å². The summed E-state index contributed by atoms with van der Waals surface area (Å²) in [6.07, 6.45) is -3.32. The van der Waals surface area contributed by atoms with Crippen molar-refractivity contribution in [3.05, 3.63) is 65.0 Å². The molecule has 0 spiro atoms. The molecule has 0 N–H and O–H groups in total. The van der Waals surface area contributed by atoms with Gasteiger partial charge in [0, 0.05) is 45.5 Å². The van der Waals surface area contributed by atoms with E-state index < -0.39 is 23.5 Å². The van der Waals surface area contributed by atoms with E-state index in [0.29, 0.717) is 38.3 Å². The van der Waals surface area contributed by atoms with E-state index >= 15 is 0 Å². The van der Waals surface area contributed by atoms with Gasteiger partial charge in [0.2, 0.25) is 0 Å². The van der Waals surface area contributed by atoms with Crippen LogP contribution in [0.5, 0.6) is 0 Å². The number of halogens is 5. The lowest BCUT2D eigenvalue weighted by Crippen LogP contribution is -2.45. The minimum absolute atomic E-state index is 0.161. The zero-order valence-electron chi connectivity index (χ0n) is 13.9. The summed E-state index contributed by atoms with van der Waals surface area (Å²) in [5.41, 5.74) is -0.0118.